The first kappa shape index (κ1) is 24.5. The van der Waals surface area contributed by atoms with Crippen LogP contribution in [0.25, 0.3) is 22.4 Å². The molecule has 36 heavy (non-hydrogen) atoms. The first-order chi connectivity index (χ1) is 17.6. The quantitative estimate of drug-likeness (QED) is 0.246. The van der Waals surface area contributed by atoms with Gasteiger partial charge in [0, 0.05) is 29.7 Å². The molecule has 1 fully saturated rings. The number of piperidine rings is 1. The van der Waals surface area contributed by atoms with E-state index < -0.39 is 6.35 Å². The van der Waals surface area contributed by atoms with Crippen LogP contribution in [0.2, 0.25) is 5.02 Å². The molecule has 1 saturated heterocycles. The predicted molar refractivity (Wildman–Crippen MR) is 143 cm³/mol. The first-order valence-electron chi connectivity index (χ1n) is 12.3. The molecule has 0 aliphatic carbocycles. The highest BCUT2D eigenvalue weighted by atomic mass is 35.5. The van der Waals surface area contributed by atoms with Gasteiger partial charge in [-0.1, -0.05) is 54.4 Å². The Labute approximate surface area is 215 Å². The van der Waals surface area contributed by atoms with Gasteiger partial charge in [-0.15, -0.1) is 0 Å². The monoisotopic (exact) mass is 506 g/mol. The number of H-pyrrole nitrogens is 1. The second-order valence-corrected chi connectivity index (χ2v) is 9.43. The topological polar surface area (TPSA) is 98.3 Å². The Kier molecular flexibility index (Phi) is 7.67. The van der Waals surface area contributed by atoms with Crippen molar-refractivity contribution in [3.05, 3.63) is 71.4 Å². The number of rotatable bonds is 9. The molecular formula is C27H31ClN6O2. The molecule has 3 heterocycles. The lowest BCUT2D eigenvalue weighted by Gasteiger charge is -2.38. The lowest BCUT2D eigenvalue weighted by molar-refractivity contribution is -0.0536. The number of aliphatic hydroxyl groups is 1. The van der Waals surface area contributed by atoms with E-state index in [-0.39, 0.29) is 6.04 Å². The Hall–Kier alpha value is -3.17. The van der Waals surface area contributed by atoms with Crippen LogP contribution in [0.15, 0.2) is 60.7 Å². The van der Waals surface area contributed by atoms with Crippen LogP contribution in [-0.2, 0) is 6.61 Å². The number of aliphatic hydroxyl groups excluding tert-OH is 1. The maximum atomic E-state index is 10.4. The summed E-state index contributed by atoms with van der Waals surface area (Å²) in [4.78, 5) is 15.2. The number of nitrogens with one attached hydrogen (secondary N) is 3. The van der Waals surface area contributed by atoms with Crippen molar-refractivity contribution in [2.45, 2.75) is 38.3 Å². The number of benzene rings is 2. The number of aromatic nitrogens is 3. The van der Waals surface area contributed by atoms with Crippen LogP contribution in [0.5, 0.6) is 5.75 Å². The van der Waals surface area contributed by atoms with Gasteiger partial charge in [0.15, 0.2) is 12.2 Å². The summed E-state index contributed by atoms with van der Waals surface area (Å²) in [5.41, 5.74) is 2.57. The average Bonchev–Trinajstić information content (AvgIpc) is 3.34. The zero-order valence-electron chi connectivity index (χ0n) is 20.2. The maximum absolute atomic E-state index is 10.4. The number of halogens is 1. The zero-order chi connectivity index (χ0) is 24.9. The standard InChI is InChI=1S/C27H31ClN6O2/c1-29-27(35)34-13-6-5-11-21(34)16-30-25-23-15-20(17-36-22-12-7-10-19(28)14-22)31-26(23)33-24(32-25)18-8-3-2-4-9-18/h2-4,7-10,12,14-15,21,27,29,35H,5-6,11,13,16-17H2,1H3,(H2,30,31,32,33). The van der Waals surface area contributed by atoms with E-state index in [1.807, 2.05) is 54.6 Å². The van der Waals surface area contributed by atoms with E-state index in [0.29, 0.717) is 29.7 Å². The minimum atomic E-state index is -0.662. The Morgan fingerprint density at radius 2 is 2.00 bits per heavy atom. The lowest BCUT2D eigenvalue weighted by atomic mass is 10.0. The van der Waals surface area contributed by atoms with Gasteiger partial charge in [0.25, 0.3) is 0 Å². The van der Waals surface area contributed by atoms with E-state index in [2.05, 4.69) is 20.5 Å². The minimum Gasteiger partial charge on any atom is -0.487 e. The van der Waals surface area contributed by atoms with Crippen LogP contribution in [-0.4, -0.2) is 57.5 Å². The molecule has 2 atom stereocenters. The number of fused-ring (bicyclic) bond motifs is 1. The number of ether oxygens (including phenoxy) is 1. The second kappa shape index (κ2) is 11.3. The molecule has 2 aromatic heterocycles. The highest BCUT2D eigenvalue weighted by Crippen LogP contribution is 2.28. The third-order valence-electron chi connectivity index (χ3n) is 6.52. The summed E-state index contributed by atoms with van der Waals surface area (Å²) in [6, 6.07) is 19.5. The van der Waals surface area contributed by atoms with Gasteiger partial charge in [-0.3, -0.25) is 10.2 Å². The molecule has 1 aliphatic rings. The smallest absolute Gasteiger partial charge is 0.163 e. The van der Waals surface area contributed by atoms with E-state index in [4.69, 9.17) is 26.3 Å². The summed E-state index contributed by atoms with van der Waals surface area (Å²) in [6.07, 6.45) is 2.57. The van der Waals surface area contributed by atoms with Crippen LogP contribution in [0.3, 0.4) is 0 Å². The third-order valence-corrected chi connectivity index (χ3v) is 6.75. The highest BCUT2D eigenvalue weighted by molar-refractivity contribution is 6.30. The van der Waals surface area contributed by atoms with Crippen LogP contribution in [0, 0.1) is 0 Å². The van der Waals surface area contributed by atoms with Crippen molar-refractivity contribution in [1.82, 2.24) is 25.2 Å². The van der Waals surface area contributed by atoms with Crippen molar-refractivity contribution in [2.75, 3.05) is 25.5 Å². The molecule has 9 heteroatoms. The Bertz CT molecular complexity index is 1300. The summed E-state index contributed by atoms with van der Waals surface area (Å²) in [5.74, 6) is 2.11. The van der Waals surface area contributed by atoms with Crippen molar-refractivity contribution in [3.63, 3.8) is 0 Å². The van der Waals surface area contributed by atoms with Crippen LogP contribution < -0.4 is 15.4 Å². The van der Waals surface area contributed by atoms with Gasteiger partial charge in [-0.05, 0) is 44.2 Å². The van der Waals surface area contributed by atoms with Gasteiger partial charge in [0.2, 0.25) is 0 Å². The maximum Gasteiger partial charge on any atom is 0.163 e. The third kappa shape index (κ3) is 5.63. The number of anilines is 1. The van der Waals surface area contributed by atoms with Crippen LogP contribution in [0.4, 0.5) is 5.82 Å². The second-order valence-electron chi connectivity index (χ2n) is 9.00. The molecule has 4 aromatic rings. The minimum absolute atomic E-state index is 0.191. The molecule has 0 saturated carbocycles. The number of nitrogens with zero attached hydrogens (tertiary/aromatic N) is 3. The van der Waals surface area contributed by atoms with Gasteiger partial charge in [0.05, 0.1) is 11.1 Å². The van der Waals surface area contributed by atoms with E-state index >= 15 is 0 Å². The molecule has 0 amide bonds. The van der Waals surface area contributed by atoms with Gasteiger partial charge in [0.1, 0.15) is 23.8 Å². The van der Waals surface area contributed by atoms with Gasteiger partial charge < -0.3 is 20.1 Å². The fraction of sp³-hybridized carbons (Fsp3) is 0.333. The summed E-state index contributed by atoms with van der Waals surface area (Å²) < 4.78 is 5.94. The van der Waals surface area contributed by atoms with E-state index in [0.717, 1.165) is 53.9 Å². The largest absolute Gasteiger partial charge is 0.487 e. The molecule has 0 bridgehead atoms. The molecule has 2 unspecified atom stereocenters. The van der Waals surface area contributed by atoms with Crippen molar-refractivity contribution in [2.24, 2.45) is 0 Å². The van der Waals surface area contributed by atoms with Crippen molar-refractivity contribution in [3.8, 4) is 17.1 Å². The number of aromatic amines is 1. The molecule has 5 rings (SSSR count). The molecule has 1 aliphatic heterocycles. The van der Waals surface area contributed by atoms with Gasteiger partial charge in [-0.25, -0.2) is 9.97 Å². The van der Waals surface area contributed by atoms with E-state index in [1.165, 1.54) is 0 Å². The number of hydrogen-bond donors (Lipinski definition) is 4. The number of hydrogen-bond acceptors (Lipinski definition) is 7. The summed E-state index contributed by atoms with van der Waals surface area (Å²) in [7, 11) is 1.77. The normalized spacial score (nSPS) is 17.2. The predicted octanol–water partition coefficient (Wildman–Crippen LogP) is 4.62. The molecule has 8 nitrogen and oxygen atoms in total. The molecule has 2 aromatic carbocycles. The Balaban J connectivity index is 1.42. The van der Waals surface area contributed by atoms with Crippen molar-refractivity contribution >= 4 is 28.5 Å². The average molecular weight is 507 g/mol. The number of likely N-dealkylation sites (tertiary alicyclic amines) is 1. The molecule has 0 spiro atoms. The van der Waals surface area contributed by atoms with E-state index in [9.17, 15) is 5.11 Å². The van der Waals surface area contributed by atoms with Crippen molar-refractivity contribution in [1.29, 1.82) is 0 Å². The summed E-state index contributed by atoms with van der Waals surface area (Å²) in [5, 5.41) is 18.5. The van der Waals surface area contributed by atoms with Crippen molar-refractivity contribution < 1.29 is 9.84 Å². The van der Waals surface area contributed by atoms with Crippen LogP contribution in [0.1, 0.15) is 25.0 Å². The molecule has 4 N–H and O–H groups in total. The van der Waals surface area contributed by atoms with Gasteiger partial charge >= 0.3 is 0 Å². The molecule has 188 valence electrons. The zero-order valence-corrected chi connectivity index (χ0v) is 21.0. The summed E-state index contributed by atoms with van der Waals surface area (Å²) in [6.45, 7) is 1.87. The summed E-state index contributed by atoms with van der Waals surface area (Å²) >= 11 is 6.09. The molecular weight excluding hydrogens is 476 g/mol. The first-order valence-corrected chi connectivity index (χ1v) is 12.7. The van der Waals surface area contributed by atoms with E-state index in [1.54, 1.807) is 13.1 Å². The lowest BCUT2D eigenvalue weighted by Crippen LogP contribution is -2.53. The van der Waals surface area contributed by atoms with Crippen LogP contribution >= 0.6 is 11.6 Å². The fourth-order valence-corrected chi connectivity index (χ4v) is 4.84. The van der Waals surface area contributed by atoms with Gasteiger partial charge in [-0.2, -0.15) is 0 Å². The molecule has 0 radical (unpaired) electrons. The Morgan fingerprint density at radius 3 is 2.81 bits per heavy atom. The fourth-order valence-electron chi connectivity index (χ4n) is 4.65. The SMILES string of the molecule is CNC(O)N1CCCCC1CNc1nc(-c2ccccc2)nc2[nH]c(COc3cccc(Cl)c3)cc12. The Morgan fingerprint density at radius 1 is 1.14 bits per heavy atom. The highest BCUT2D eigenvalue weighted by Gasteiger charge is 2.27.